The van der Waals surface area contributed by atoms with Gasteiger partial charge in [-0.3, -0.25) is 4.79 Å². The molecule has 8 heteroatoms. The molecule has 0 spiro atoms. The van der Waals surface area contributed by atoms with Crippen LogP contribution in [0.25, 0.3) is 5.78 Å². The number of amides is 1. The van der Waals surface area contributed by atoms with Crippen LogP contribution >= 0.6 is 0 Å². The Morgan fingerprint density at radius 3 is 2.93 bits per heavy atom. The second-order valence-corrected chi connectivity index (χ2v) is 7.42. The highest BCUT2D eigenvalue weighted by atomic mass is 19.1. The molecule has 2 aromatic heterocycles. The summed E-state index contributed by atoms with van der Waals surface area (Å²) < 4.78 is 21.9. The van der Waals surface area contributed by atoms with Crippen molar-refractivity contribution < 1.29 is 13.9 Å². The molecule has 2 fully saturated rings. The molecule has 1 aliphatic carbocycles. The Labute approximate surface area is 161 Å². The number of carbonyl (C=O) groups excluding carboxylic acids is 1. The minimum Gasteiger partial charge on any atom is -0.368 e. The largest absolute Gasteiger partial charge is 0.368 e. The van der Waals surface area contributed by atoms with Gasteiger partial charge in [0.2, 0.25) is 0 Å². The lowest BCUT2D eigenvalue weighted by Crippen LogP contribution is -2.42. The number of fused-ring (bicyclic) bond motifs is 1. The van der Waals surface area contributed by atoms with Crippen LogP contribution in [0.4, 0.5) is 4.39 Å². The zero-order chi connectivity index (χ0) is 19.3. The summed E-state index contributed by atoms with van der Waals surface area (Å²) in [4.78, 5) is 23.1. The maximum Gasteiger partial charge on any atom is 0.254 e. The van der Waals surface area contributed by atoms with E-state index in [9.17, 15) is 9.18 Å². The molecule has 1 aromatic carbocycles. The Hall–Kier alpha value is -2.87. The molecule has 0 unspecified atom stereocenters. The standard InChI is InChI=1S/C20H20FN5O2/c1-12-8-17(26-20(24-12)22-11-23-26)18-10-25(6-7-28-18)19(27)14-4-5-15(13-2-3-13)16(21)9-14/h4-5,8-9,11,13,18H,2-3,6-7,10H2,1H3/t18-/m1/s1. The Kier molecular flexibility index (Phi) is 4.08. The molecule has 5 rings (SSSR count). The van der Waals surface area contributed by atoms with Gasteiger partial charge in [0.05, 0.1) is 18.8 Å². The summed E-state index contributed by atoms with van der Waals surface area (Å²) in [5, 5.41) is 4.22. The van der Waals surface area contributed by atoms with Crippen molar-refractivity contribution in [2.75, 3.05) is 19.7 Å². The number of carbonyl (C=O) groups is 1. The molecule has 7 nitrogen and oxygen atoms in total. The number of hydrogen-bond acceptors (Lipinski definition) is 5. The normalized spacial score (nSPS) is 19.9. The quantitative estimate of drug-likeness (QED) is 0.697. The number of ether oxygens (including phenoxy) is 1. The topological polar surface area (TPSA) is 72.6 Å². The smallest absolute Gasteiger partial charge is 0.254 e. The predicted octanol–water partition coefficient (Wildman–Crippen LogP) is 2.66. The van der Waals surface area contributed by atoms with Gasteiger partial charge in [-0.15, -0.1) is 0 Å². The van der Waals surface area contributed by atoms with Gasteiger partial charge < -0.3 is 9.64 Å². The fourth-order valence-corrected chi connectivity index (χ4v) is 3.77. The monoisotopic (exact) mass is 381 g/mol. The van der Waals surface area contributed by atoms with E-state index >= 15 is 0 Å². The molecule has 1 atom stereocenters. The lowest BCUT2D eigenvalue weighted by atomic mass is 10.1. The van der Waals surface area contributed by atoms with Crippen LogP contribution in [-0.2, 0) is 4.74 Å². The number of hydrogen-bond donors (Lipinski definition) is 0. The van der Waals surface area contributed by atoms with Crippen molar-refractivity contribution in [1.82, 2.24) is 24.5 Å². The van der Waals surface area contributed by atoms with Crippen molar-refractivity contribution in [3.8, 4) is 0 Å². The Balaban J connectivity index is 1.40. The second kappa shape index (κ2) is 6.63. The van der Waals surface area contributed by atoms with E-state index in [1.807, 2.05) is 13.0 Å². The first kappa shape index (κ1) is 17.2. The van der Waals surface area contributed by atoms with Gasteiger partial charge in [0, 0.05) is 17.8 Å². The maximum absolute atomic E-state index is 14.4. The highest BCUT2D eigenvalue weighted by Crippen LogP contribution is 2.41. The van der Waals surface area contributed by atoms with Crippen LogP contribution < -0.4 is 0 Å². The fraction of sp³-hybridized carbons (Fsp3) is 0.400. The predicted molar refractivity (Wildman–Crippen MR) is 98.5 cm³/mol. The van der Waals surface area contributed by atoms with Crippen LogP contribution in [0.15, 0.2) is 30.6 Å². The molecule has 3 heterocycles. The highest BCUT2D eigenvalue weighted by molar-refractivity contribution is 5.94. The lowest BCUT2D eigenvalue weighted by Gasteiger charge is -2.33. The van der Waals surface area contributed by atoms with E-state index in [1.54, 1.807) is 21.5 Å². The minimum absolute atomic E-state index is 0.185. The summed E-state index contributed by atoms with van der Waals surface area (Å²) in [5.74, 6) is 0.346. The summed E-state index contributed by atoms with van der Waals surface area (Å²) in [6, 6.07) is 6.75. The zero-order valence-electron chi connectivity index (χ0n) is 15.5. The van der Waals surface area contributed by atoms with Crippen LogP contribution in [0.3, 0.4) is 0 Å². The van der Waals surface area contributed by atoms with Crippen molar-refractivity contribution in [2.45, 2.75) is 31.8 Å². The van der Waals surface area contributed by atoms with E-state index in [4.69, 9.17) is 4.74 Å². The van der Waals surface area contributed by atoms with Gasteiger partial charge in [-0.25, -0.2) is 9.37 Å². The molecular formula is C20H20FN5O2. The third kappa shape index (κ3) is 3.03. The van der Waals surface area contributed by atoms with Gasteiger partial charge in [-0.2, -0.15) is 14.6 Å². The number of nitrogens with zero attached hydrogens (tertiary/aromatic N) is 5. The Bertz CT molecular complexity index is 1060. The van der Waals surface area contributed by atoms with Crippen molar-refractivity contribution in [3.05, 3.63) is 58.9 Å². The minimum atomic E-state index is -0.348. The SMILES string of the molecule is Cc1cc([C@H]2CN(C(=O)c3ccc(C4CC4)c(F)c3)CCO2)n2ncnc2n1. The number of benzene rings is 1. The molecule has 0 N–H and O–H groups in total. The summed E-state index contributed by atoms with van der Waals surface area (Å²) in [5.41, 5.74) is 2.70. The first-order chi connectivity index (χ1) is 13.6. The van der Waals surface area contributed by atoms with E-state index in [1.165, 1.54) is 12.4 Å². The molecule has 0 bridgehead atoms. The van der Waals surface area contributed by atoms with Gasteiger partial charge >= 0.3 is 0 Å². The fourth-order valence-electron chi connectivity index (χ4n) is 3.77. The van der Waals surface area contributed by atoms with Crippen molar-refractivity contribution in [2.24, 2.45) is 0 Å². The molecule has 1 aliphatic heterocycles. The van der Waals surface area contributed by atoms with Crippen molar-refractivity contribution in [1.29, 1.82) is 0 Å². The number of morpholine rings is 1. The molecule has 1 saturated carbocycles. The number of rotatable bonds is 3. The molecule has 28 heavy (non-hydrogen) atoms. The van der Waals surface area contributed by atoms with E-state index in [0.29, 0.717) is 37.0 Å². The molecule has 1 saturated heterocycles. The molecule has 2 aliphatic rings. The number of aromatic nitrogens is 4. The number of halogens is 1. The maximum atomic E-state index is 14.4. The van der Waals surface area contributed by atoms with Gasteiger partial charge in [0.25, 0.3) is 11.7 Å². The van der Waals surface area contributed by atoms with Gasteiger partial charge in [-0.1, -0.05) is 6.07 Å². The highest BCUT2D eigenvalue weighted by Gasteiger charge is 2.30. The first-order valence-electron chi connectivity index (χ1n) is 9.48. The van der Waals surface area contributed by atoms with E-state index in [2.05, 4.69) is 15.1 Å². The lowest BCUT2D eigenvalue weighted by molar-refractivity contribution is -0.0257. The van der Waals surface area contributed by atoms with Gasteiger partial charge in [0.15, 0.2) is 0 Å². The van der Waals surface area contributed by atoms with Crippen molar-refractivity contribution in [3.63, 3.8) is 0 Å². The third-order valence-corrected chi connectivity index (χ3v) is 5.36. The van der Waals surface area contributed by atoms with Crippen LogP contribution in [-0.4, -0.2) is 50.1 Å². The number of aryl methyl sites for hydroxylation is 1. The average Bonchev–Trinajstić information content (AvgIpc) is 3.44. The molecule has 3 aromatic rings. The summed E-state index contributed by atoms with van der Waals surface area (Å²) in [6.07, 6.45) is 3.15. The van der Waals surface area contributed by atoms with E-state index in [0.717, 1.165) is 29.8 Å². The van der Waals surface area contributed by atoms with Crippen LogP contribution in [0.5, 0.6) is 0 Å². The van der Waals surface area contributed by atoms with Crippen LogP contribution in [0.1, 0.15) is 52.2 Å². The van der Waals surface area contributed by atoms with Gasteiger partial charge in [-0.05, 0) is 49.4 Å². The Morgan fingerprint density at radius 2 is 2.14 bits per heavy atom. The van der Waals surface area contributed by atoms with Crippen molar-refractivity contribution >= 4 is 11.7 Å². The summed E-state index contributed by atoms with van der Waals surface area (Å²) >= 11 is 0. The first-order valence-corrected chi connectivity index (χ1v) is 9.48. The molecule has 144 valence electrons. The molecular weight excluding hydrogens is 361 g/mol. The van der Waals surface area contributed by atoms with E-state index in [-0.39, 0.29) is 17.8 Å². The molecule has 1 amide bonds. The van der Waals surface area contributed by atoms with E-state index < -0.39 is 0 Å². The average molecular weight is 381 g/mol. The second-order valence-electron chi connectivity index (χ2n) is 7.42. The summed E-state index contributed by atoms with van der Waals surface area (Å²) in [6.45, 7) is 3.11. The van der Waals surface area contributed by atoms with Gasteiger partial charge in [0.1, 0.15) is 18.2 Å². The molecule has 0 radical (unpaired) electrons. The Morgan fingerprint density at radius 1 is 1.29 bits per heavy atom. The van der Waals surface area contributed by atoms with Crippen LogP contribution in [0.2, 0.25) is 0 Å². The summed E-state index contributed by atoms with van der Waals surface area (Å²) in [7, 11) is 0. The van der Waals surface area contributed by atoms with Crippen LogP contribution in [0, 0.1) is 12.7 Å². The third-order valence-electron chi connectivity index (χ3n) is 5.36. The zero-order valence-corrected chi connectivity index (χ0v) is 15.5.